The molecule has 0 heterocycles. The second-order valence-electron chi connectivity index (χ2n) is 4.73. The van der Waals surface area contributed by atoms with Gasteiger partial charge in [0.05, 0.1) is 0 Å². The first-order valence-corrected chi connectivity index (χ1v) is 8.13. The number of carbonyl (C=O) groups is 1. The molecule has 0 fully saturated rings. The summed E-state index contributed by atoms with van der Waals surface area (Å²) in [6, 6.07) is 7.49. The van der Waals surface area contributed by atoms with Gasteiger partial charge in [-0.1, -0.05) is 29.8 Å². The third-order valence-corrected chi connectivity index (χ3v) is 3.74. The van der Waals surface area contributed by atoms with Gasteiger partial charge in [0.1, 0.15) is 0 Å². The van der Waals surface area contributed by atoms with Crippen molar-refractivity contribution < 1.29 is 24.3 Å². The first-order valence-electron chi connectivity index (χ1n) is 6.33. The summed E-state index contributed by atoms with van der Waals surface area (Å²) in [7, 11) is -3.99. The van der Waals surface area contributed by atoms with E-state index in [1.165, 1.54) is 0 Å². The predicted octanol–water partition coefficient (Wildman–Crippen LogP) is 2.81. The zero-order valence-corrected chi connectivity index (χ0v) is 12.2. The number of hydrogen-bond donors (Lipinski definition) is 3. The molecule has 0 spiro atoms. The van der Waals surface area contributed by atoms with Crippen molar-refractivity contribution in [1.29, 1.82) is 0 Å². The van der Waals surface area contributed by atoms with Crippen LogP contribution in [0.4, 0.5) is 0 Å². The largest absolute Gasteiger partial charge is 0.478 e. The molecule has 0 bridgehead atoms. The minimum atomic E-state index is -3.99. The van der Waals surface area contributed by atoms with Crippen molar-refractivity contribution in [2.75, 3.05) is 6.16 Å². The number of carboxylic acids is 1. The number of rotatable bonds is 7. The summed E-state index contributed by atoms with van der Waals surface area (Å²) in [5, 5.41) is 9.13. The summed E-state index contributed by atoms with van der Waals surface area (Å²) < 4.78 is 10.7. The number of unbranched alkanes of at least 4 members (excludes halogenated alkanes) is 1. The molecule has 20 heavy (non-hydrogen) atoms. The molecule has 5 nitrogen and oxygen atoms in total. The maximum Gasteiger partial charge on any atom is 0.331 e. The Labute approximate surface area is 118 Å². The number of carboxylic acid groups (broad SMARTS) is 1. The molecule has 0 aliphatic heterocycles. The van der Waals surface area contributed by atoms with E-state index in [4.69, 9.17) is 14.9 Å². The monoisotopic (exact) mass is 298 g/mol. The van der Waals surface area contributed by atoms with Crippen LogP contribution < -0.4 is 0 Å². The third kappa shape index (κ3) is 6.66. The molecular weight excluding hydrogens is 279 g/mol. The lowest BCUT2D eigenvalue weighted by atomic mass is 10.0. The summed E-state index contributed by atoms with van der Waals surface area (Å²) in [4.78, 5) is 28.6. The third-order valence-electron chi connectivity index (χ3n) is 2.84. The van der Waals surface area contributed by atoms with Gasteiger partial charge >= 0.3 is 13.6 Å². The van der Waals surface area contributed by atoms with Crippen LogP contribution in [0, 0.1) is 6.92 Å². The van der Waals surface area contributed by atoms with E-state index in [9.17, 15) is 9.36 Å². The second-order valence-corrected chi connectivity index (χ2v) is 6.51. The van der Waals surface area contributed by atoms with Crippen LogP contribution in [0.3, 0.4) is 0 Å². The number of aryl methyl sites for hydroxylation is 1. The van der Waals surface area contributed by atoms with Gasteiger partial charge in [0.2, 0.25) is 0 Å². The molecule has 0 unspecified atom stereocenters. The van der Waals surface area contributed by atoms with E-state index in [1.807, 2.05) is 31.2 Å². The smallest absolute Gasteiger partial charge is 0.331 e. The molecule has 1 rings (SSSR count). The van der Waals surface area contributed by atoms with Crippen molar-refractivity contribution in [3.05, 3.63) is 41.0 Å². The van der Waals surface area contributed by atoms with Gasteiger partial charge in [-0.15, -0.1) is 0 Å². The normalized spacial score (nSPS) is 12.4. The second kappa shape index (κ2) is 7.39. The van der Waals surface area contributed by atoms with Gasteiger partial charge in [0.25, 0.3) is 0 Å². The van der Waals surface area contributed by atoms with Gasteiger partial charge in [-0.05, 0) is 37.8 Å². The van der Waals surface area contributed by atoms with Crippen LogP contribution in [0.25, 0.3) is 6.08 Å². The van der Waals surface area contributed by atoms with E-state index in [0.29, 0.717) is 19.3 Å². The SMILES string of the molecule is Cc1ccc(/C=C(\CCCCP(=O)(O)O)C(=O)O)cc1. The summed E-state index contributed by atoms with van der Waals surface area (Å²) in [6.45, 7) is 1.95. The standard InChI is InChI=1S/C14H19O5P/c1-11-5-7-12(8-6-11)10-13(14(15)16)4-2-3-9-20(17,18)19/h5-8,10H,2-4,9H2,1H3,(H,15,16)(H2,17,18,19)/b13-10+. The Morgan fingerprint density at radius 1 is 1.20 bits per heavy atom. The van der Waals surface area contributed by atoms with Crippen LogP contribution in [0.5, 0.6) is 0 Å². The number of benzene rings is 1. The summed E-state index contributed by atoms with van der Waals surface area (Å²) >= 11 is 0. The fraction of sp³-hybridized carbons (Fsp3) is 0.357. The predicted molar refractivity (Wildman–Crippen MR) is 77.6 cm³/mol. The number of hydrogen-bond acceptors (Lipinski definition) is 2. The highest BCUT2D eigenvalue weighted by Gasteiger charge is 2.13. The molecule has 0 aliphatic carbocycles. The van der Waals surface area contributed by atoms with E-state index in [1.54, 1.807) is 6.08 Å². The minimum absolute atomic E-state index is 0.204. The summed E-state index contributed by atoms with van der Waals surface area (Å²) in [5.74, 6) is -0.998. The molecule has 0 saturated carbocycles. The van der Waals surface area contributed by atoms with E-state index in [-0.39, 0.29) is 11.7 Å². The molecule has 0 aromatic heterocycles. The van der Waals surface area contributed by atoms with E-state index < -0.39 is 13.6 Å². The Bertz CT molecular complexity index is 527. The Morgan fingerprint density at radius 2 is 1.80 bits per heavy atom. The molecule has 1 aromatic rings. The van der Waals surface area contributed by atoms with Crippen LogP contribution in [-0.2, 0) is 9.36 Å². The minimum Gasteiger partial charge on any atom is -0.478 e. The van der Waals surface area contributed by atoms with Crippen molar-refractivity contribution >= 4 is 19.6 Å². The highest BCUT2D eigenvalue weighted by atomic mass is 31.2. The maximum absolute atomic E-state index is 11.1. The quantitative estimate of drug-likeness (QED) is 0.409. The fourth-order valence-electron chi connectivity index (χ4n) is 1.74. The van der Waals surface area contributed by atoms with Gasteiger partial charge in [0.15, 0.2) is 0 Å². The topological polar surface area (TPSA) is 94.8 Å². The van der Waals surface area contributed by atoms with Gasteiger partial charge in [0, 0.05) is 11.7 Å². The average Bonchev–Trinajstić information content (AvgIpc) is 2.34. The molecule has 0 aliphatic rings. The summed E-state index contributed by atoms with van der Waals surface area (Å²) in [6.07, 6.45) is 2.44. The molecule has 0 amide bonds. The first kappa shape index (κ1) is 16.6. The summed E-state index contributed by atoms with van der Waals surface area (Å²) in [5.41, 5.74) is 2.16. The van der Waals surface area contributed by atoms with Crippen molar-refractivity contribution in [2.24, 2.45) is 0 Å². The van der Waals surface area contributed by atoms with Crippen molar-refractivity contribution in [3.63, 3.8) is 0 Å². The van der Waals surface area contributed by atoms with Crippen molar-refractivity contribution in [3.8, 4) is 0 Å². The molecule has 0 radical (unpaired) electrons. The molecule has 0 saturated heterocycles. The maximum atomic E-state index is 11.1. The van der Waals surface area contributed by atoms with E-state index in [0.717, 1.165) is 11.1 Å². The lowest BCUT2D eigenvalue weighted by Gasteiger charge is -2.05. The van der Waals surface area contributed by atoms with Crippen LogP contribution in [-0.4, -0.2) is 27.0 Å². The lowest BCUT2D eigenvalue weighted by Crippen LogP contribution is -2.01. The van der Waals surface area contributed by atoms with Crippen LogP contribution >= 0.6 is 7.60 Å². The lowest BCUT2D eigenvalue weighted by molar-refractivity contribution is -0.132. The van der Waals surface area contributed by atoms with Crippen LogP contribution in [0.1, 0.15) is 30.4 Å². The van der Waals surface area contributed by atoms with Gasteiger partial charge in [-0.25, -0.2) is 4.79 Å². The number of aliphatic carboxylic acids is 1. The Morgan fingerprint density at radius 3 is 2.30 bits per heavy atom. The van der Waals surface area contributed by atoms with Crippen molar-refractivity contribution in [2.45, 2.75) is 26.2 Å². The molecule has 3 N–H and O–H groups in total. The Balaban J connectivity index is 2.63. The first-order chi connectivity index (χ1) is 9.28. The fourth-order valence-corrected chi connectivity index (χ4v) is 2.37. The van der Waals surface area contributed by atoms with Gasteiger partial charge in [-0.3, -0.25) is 4.57 Å². The van der Waals surface area contributed by atoms with Crippen LogP contribution in [0.2, 0.25) is 0 Å². The van der Waals surface area contributed by atoms with Crippen molar-refractivity contribution in [1.82, 2.24) is 0 Å². The highest BCUT2D eigenvalue weighted by molar-refractivity contribution is 7.51. The van der Waals surface area contributed by atoms with E-state index >= 15 is 0 Å². The Kier molecular flexibility index (Phi) is 6.14. The van der Waals surface area contributed by atoms with Crippen LogP contribution in [0.15, 0.2) is 29.8 Å². The highest BCUT2D eigenvalue weighted by Crippen LogP contribution is 2.35. The zero-order chi connectivity index (χ0) is 15.2. The molecule has 0 atom stereocenters. The molecular formula is C14H19O5P. The zero-order valence-electron chi connectivity index (χ0n) is 11.3. The molecule has 110 valence electrons. The Hall–Kier alpha value is -1.42. The van der Waals surface area contributed by atoms with Gasteiger partial charge < -0.3 is 14.9 Å². The van der Waals surface area contributed by atoms with E-state index in [2.05, 4.69) is 0 Å². The molecule has 6 heteroatoms. The van der Waals surface area contributed by atoms with Gasteiger partial charge in [-0.2, -0.15) is 0 Å². The molecule has 1 aromatic carbocycles. The average molecular weight is 298 g/mol.